The number of hydrogen-bond acceptors (Lipinski definition) is 7. The van der Waals surface area contributed by atoms with Crippen molar-refractivity contribution in [1.29, 1.82) is 0 Å². The fourth-order valence-corrected chi connectivity index (χ4v) is 4.96. The molecule has 0 amide bonds. The summed E-state index contributed by atoms with van der Waals surface area (Å²) in [4.78, 5) is 15.2. The first-order chi connectivity index (χ1) is 15.7. The maximum atomic E-state index is 12.6. The van der Waals surface area contributed by atoms with Crippen LogP contribution in [0.25, 0.3) is 5.69 Å². The zero-order valence-corrected chi connectivity index (χ0v) is 19.1. The van der Waals surface area contributed by atoms with E-state index in [1.54, 1.807) is 13.3 Å². The van der Waals surface area contributed by atoms with Crippen molar-refractivity contribution in [3.8, 4) is 11.4 Å². The predicted molar refractivity (Wildman–Crippen MR) is 121 cm³/mol. The lowest BCUT2D eigenvalue weighted by Gasteiger charge is -2.43. The second-order valence-corrected chi connectivity index (χ2v) is 8.47. The normalized spacial score (nSPS) is 18.6. The van der Waals surface area contributed by atoms with Gasteiger partial charge in [-0.25, -0.2) is 9.48 Å². The van der Waals surface area contributed by atoms with Gasteiger partial charge in [0.2, 0.25) is 0 Å². The summed E-state index contributed by atoms with van der Waals surface area (Å²) in [5, 5.41) is 8.17. The summed E-state index contributed by atoms with van der Waals surface area (Å²) >= 11 is 0. The zero-order valence-electron chi connectivity index (χ0n) is 19.1. The standard InChI is InChI=1S/C24H34N4O4/c1-3-32-23(29)21-16-26-28(19-6-8-20(30-2)9-7-19)22(21)17-25-18-24(10-4-5-11-24)27-12-14-31-15-13-27/h6-9,16,25H,3-5,10-15,17-18H2,1-2H3. The van der Waals surface area contributed by atoms with Crippen molar-refractivity contribution in [2.45, 2.75) is 44.7 Å². The number of morpholine rings is 1. The van der Waals surface area contributed by atoms with Gasteiger partial charge in [0.15, 0.2) is 0 Å². The molecular formula is C24H34N4O4. The fourth-order valence-electron chi connectivity index (χ4n) is 4.96. The van der Waals surface area contributed by atoms with Crippen LogP contribution in [0.3, 0.4) is 0 Å². The number of benzene rings is 1. The summed E-state index contributed by atoms with van der Waals surface area (Å²) in [6, 6.07) is 7.67. The zero-order chi connectivity index (χ0) is 22.4. The summed E-state index contributed by atoms with van der Waals surface area (Å²) in [6.07, 6.45) is 6.52. The van der Waals surface area contributed by atoms with Crippen LogP contribution in [-0.4, -0.2) is 72.8 Å². The number of nitrogens with zero attached hydrogens (tertiary/aromatic N) is 3. The van der Waals surface area contributed by atoms with Gasteiger partial charge in [0.1, 0.15) is 11.3 Å². The number of methoxy groups -OCH3 is 1. The molecule has 1 saturated heterocycles. The van der Waals surface area contributed by atoms with Gasteiger partial charge >= 0.3 is 5.97 Å². The van der Waals surface area contributed by atoms with E-state index in [2.05, 4.69) is 15.3 Å². The van der Waals surface area contributed by atoms with Crippen LogP contribution in [0.2, 0.25) is 0 Å². The molecule has 8 nitrogen and oxygen atoms in total. The van der Waals surface area contributed by atoms with Gasteiger partial charge in [0.25, 0.3) is 0 Å². The largest absolute Gasteiger partial charge is 0.497 e. The Bertz CT molecular complexity index is 884. The molecule has 1 saturated carbocycles. The molecule has 0 radical (unpaired) electrons. The van der Waals surface area contributed by atoms with Gasteiger partial charge in [-0.3, -0.25) is 4.90 Å². The Morgan fingerprint density at radius 2 is 1.91 bits per heavy atom. The number of carbonyl (C=O) groups excluding carboxylic acids is 1. The van der Waals surface area contributed by atoms with Gasteiger partial charge < -0.3 is 19.5 Å². The molecule has 0 unspecified atom stereocenters. The first-order valence-electron chi connectivity index (χ1n) is 11.6. The quantitative estimate of drug-likeness (QED) is 0.599. The summed E-state index contributed by atoms with van der Waals surface area (Å²) in [7, 11) is 1.64. The van der Waals surface area contributed by atoms with Crippen LogP contribution in [0.4, 0.5) is 0 Å². The van der Waals surface area contributed by atoms with Crippen LogP contribution in [0.5, 0.6) is 5.75 Å². The third-order valence-corrected chi connectivity index (χ3v) is 6.64. The van der Waals surface area contributed by atoms with E-state index in [0.29, 0.717) is 18.7 Å². The van der Waals surface area contributed by atoms with E-state index >= 15 is 0 Å². The number of carbonyl (C=O) groups is 1. The summed E-state index contributed by atoms with van der Waals surface area (Å²) in [6.45, 7) is 7.14. The molecule has 2 aliphatic rings. The average Bonchev–Trinajstić information content (AvgIpc) is 3.48. The Labute approximate surface area is 189 Å². The van der Waals surface area contributed by atoms with Gasteiger partial charge in [0.05, 0.1) is 44.5 Å². The first kappa shape index (κ1) is 22.8. The van der Waals surface area contributed by atoms with E-state index < -0.39 is 0 Å². The summed E-state index contributed by atoms with van der Waals surface area (Å²) in [5.74, 6) is 0.438. The Kier molecular flexibility index (Phi) is 7.44. The molecule has 8 heteroatoms. The lowest BCUT2D eigenvalue weighted by molar-refractivity contribution is -0.0205. The Hall–Kier alpha value is -2.42. The number of nitrogens with one attached hydrogen (secondary N) is 1. The van der Waals surface area contributed by atoms with E-state index in [-0.39, 0.29) is 11.5 Å². The minimum atomic E-state index is -0.340. The van der Waals surface area contributed by atoms with E-state index in [0.717, 1.165) is 50.0 Å². The molecule has 2 aromatic rings. The monoisotopic (exact) mass is 442 g/mol. The number of hydrogen-bond donors (Lipinski definition) is 1. The van der Waals surface area contributed by atoms with Crippen LogP contribution in [-0.2, 0) is 16.0 Å². The minimum absolute atomic E-state index is 0.166. The van der Waals surface area contributed by atoms with Crippen LogP contribution >= 0.6 is 0 Å². The molecule has 1 aromatic carbocycles. The minimum Gasteiger partial charge on any atom is -0.497 e. The van der Waals surface area contributed by atoms with E-state index in [4.69, 9.17) is 14.2 Å². The Morgan fingerprint density at radius 1 is 1.19 bits per heavy atom. The number of aromatic nitrogens is 2. The second kappa shape index (κ2) is 10.5. The highest BCUT2D eigenvalue weighted by molar-refractivity contribution is 5.90. The third kappa shape index (κ3) is 4.82. The van der Waals surface area contributed by atoms with Crippen molar-refractivity contribution in [2.24, 2.45) is 0 Å². The lowest BCUT2D eigenvalue weighted by Crippen LogP contribution is -2.56. The predicted octanol–water partition coefficient (Wildman–Crippen LogP) is 2.79. The van der Waals surface area contributed by atoms with Crippen molar-refractivity contribution in [2.75, 3.05) is 46.6 Å². The molecule has 1 aliphatic carbocycles. The van der Waals surface area contributed by atoms with Gasteiger partial charge in [-0.2, -0.15) is 5.10 Å². The second-order valence-electron chi connectivity index (χ2n) is 8.47. The number of rotatable bonds is 9. The molecule has 32 heavy (non-hydrogen) atoms. The smallest absolute Gasteiger partial charge is 0.341 e. The lowest BCUT2D eigenvalue weighted by atomic mass is 9.94. The fraction of sp³-hybridized carbons (Fsp3) is 0.583. The molecule has 1 aliphatic heterocycles. The van der Waals surface area contributed by atoms with Crippen LogP contribution in [0.15, 0.2) is 30.5 Å². The van der Waals surface area contributed by atoms with E-state index in [9.17, 15) is 4.79 Å². The molecule has 4 rings (SSSR count). The number of ether oxygens (including phenoxy) is 3. The Balaban J connectivity index is 1.54. The molecule has 1 N–H and O–H groups in total. The molecule has 174 valence electrons. The molecule has 2 heterocycles. The van der Waals surface area contributed by atoms with Crippen molar-refractivity contribution in [3.63, 3.8) is 0 Å². The molecule has 0 bridgehead atoms. The van der Waals surface area contributed by atoms with Gasteiger partial charge in [0, 0.05) is 31.7 Å². The first-order valence-corrected chi connectivity index (χ1v) is 11.6. The summed E-state index contributed by atoms with van der Waals surface area (Å²) in [5.41, 5.74) is 2.35. The summed E-state index contributed by atoms with van der Waals surface area (Å²) < 4.78 is 18.0. The van der Waals surface area contributed by atoms with Crippen LogP contribution < -0.4 is 10.1 Å². The Morgan fingerprint density at radius 3 is 2.56 bits per heavy atom. The molecule has 0 atom stereocenters. The van der Waals surface area contributed by atoms with Gasteiger partial charge in [-0.05, 0) is 44.0 Å². The van der Waals surface area contributed by atoms with Gasteiger partial charge in [-0.15, -0.1) is 0 Å². The maximum absolute atomic E-state index is 12.6. The average molecular weight is 443 g/mol. The van der Waals surface area contributed by atoms with Crippen molar-refractivity contribution in [1.82, 2.24) is 20.0 Å². The SMILES string of the molecule is CCOC(=O)c1cnn(-c2ccc(OC)cc2)c1CNCC1(N2CCOCC2)CCCC1. The highest BCUT2D eigenvalue weighted by atomic mass is 16.5. The van der Waals surface area contributed by atoms with Crippen molar-refractivity contribution < 1.29 is 19.0 Å². The molecular weight excluding hydrogens is 408 g/mol. The van der Waals surface area contributed by atoms with Crippen LogP contribution in [0.1, 0.15) is 48.7 Å². The highest BCUT2D eigenvalue weighted by Crippen LogP contribution is 2.35. The van der Waals surface area contributed by atoms with Crippen molar-refractivity contribution in [3.05, 3.63) is 41.7 Å². The molecule has 1 aromatic heterocycles. The topological polar surface area (TPSA) is 77.8 Å². The van der Waals surface area contributed by atoms with Gasteiger partial charge in [-0.1, -0.05) is 12.8 Å². The number of esters is 1. The third-order valence-electron chi connectivity index (χ3n) is 6.64. The van der Waals surface area contributed by atoms with E-state index in [1.807, 2.05) is 35.9 Å². The maximum Gasteiger partial charge on any atom is 0.341 e. The highest BCUT2D eigenvalue weighted by Gasteiger charge is 2.39. The van der Waals surface area contributed by atoms with Crippen molar-refractivity contribution >= 4 is 5.97 Å². The van der Waals surface area contributed by atoms with E-state index in [1.165, 1.54) is 25.7 Å². The molecule has 2 fully saturated rings. The van der Waals surface area contributed by atoms with Crippen LogP contribution in [0, 0.1) is 0 Å². The molecule has 0 spiro atoms.